The number of amides is 1. The Morgan fingerprint density at radius 2 is 2.00 bits per heavy atom. The van der Waals surface area contributed by atoms with Crippen LogP contribution in [0.4, 0.5) is 17.6 Å². The summed E-state index contributed by atoms with van der Waals surface area (Å²) in [6, 6.07) is 3.73. The van der Waals surface area contributed by atoms with Crippen molar-refractivity contribution in [3.05, 3.63) is 48.3 Å². The number of nitrogens with zero attached hydrogens (tertiary/aromatic N) is 6. The van der Waals surface area contributed by atoms with Crippen molar-refractivity contribution < 1.29 is 27.5 Å². The molecule has 1 fully saturated rings. The van der Waals surface area contributed by atoms with E-state index in [4.69, 9.17) is 0 Å². The number of fused-ring (bicyclic) bond motifs is 2. The molecule has 0 spiro atoms. The maximum atomic E-state index is 13.9. The number of alkyl halides is 3. The molecule has 1 saturated heterocycles. The maximum absolute atomic E-state index is 13.9. The van der Waals surface area contributed by atoms with Gasteiger partial charge >= 0.3 is 6.18 Å². The highest BCUT2D eigenvalue weighted by molar-refractivity contribution is 5.99. The molecule has 1 aliphatic heterocycles. The smallest absolute Gasteiger partial charge is 0.393 e. The van der Waals surface area contributed by atoms with Gasteiger partial charge in [0.1, 0.15) is 29.4 Å². The average Bonchev–Trinajstić information content (AvgIpc) is 3.52. The molecule has 4 aromatic heterocycles. The van der Waals surface area contributed by atoms with Gasteiger partial charge in [-0.3, -0.25) is 18.9 Å². The molecule has 0 radical (unpaired) electrons. The minimum atomic E-state index is -4.57. The number of aromatic nitrogens is 5. The summed E-state index contributed by atoms with van der Waals surface area (Å²) in [6.07, 6.45) is 1.27. The van der Waals surface area contributed by atoms with Gasteiger partial charge in [-0.25, -0.2) is 9.37 Å². The Morgan fingerprint density at radius 1 is 1.22 bits per heavy atom. The van der Waals surface area contributed by atoms with Crippen LogP contribution in [-0.4, -0.2) is 64.4 Å². The maximum Gasteiger partial charge on any atom is 0.408 e. The summed E-state index contributed by atoms with van der Waals surface area (Å²) in [4.78, 5) is 23.7. The molecule has 37 heavy (non-hydrogen) atoms. The van der Waals surface area contributed by atoms with E-state index in [1.54, 1.807) is 4.90 Å². The molecule has 1 N–H and O–H groups in total. The third-order valence-electron chi connectivity index (χ3n) is 6.93. The summed E-state index contributed by atoms with van der Waals surface area (Å²) < 4.78 is 56.4. The number of aliphatic hydroxyl groups excluding tert-OH is 1. The lowest BCUT2D eigenvalue weighted by molar-refractivity contribution is -0.141. The predicted octanol–water partition coefficient (Wildman–Crippen LogP) is 4.60. The van der Waals surface area contributed by atoms with Crippen LogP contribution in [0.1, 0.15) is 50.0 Å². The van der Waals surface area contributed by atoms with E-state index in [9.17, 15) is 27.5 Å². The Morgan fingerprint density at radius 3 is 2.73 bits per heavy atom. The van der Waals surface area contributed by atoms with Crippen molar-refractivity contribution in [1.82, 2.24) is 29.0 Å². The van der Waals surface area contributed by atoms with Gasteiger partial charge in [0, 0.05) is 29.9 Å². The quantitative estimate of drug-likeness (QED) is 0.377. The molecule has 0 aromatic carbocycles. The molecule has 0 bridgehead atoms. The zero-order chi connectivity index (χ0) is 26.5. The fourth-order valence-corrected chi connectivity index (χ4v) is 5.08. The summed E-state index contributed by atoms with van der Waals surface area (Å²) in [5.41, 5.74) is 0.911. The first-order chi connectivity index (χ1) is 17.6. The van der Waals surface area contributed by atoms with Crippen LogP contribution < -0.4 is 0 Å². The highest BCUT2D eigenvalue weighted by Gasteiger charge is 2.37. The molecular formula is C25H26F4N6O2. The molecule has 1 aliphatic rings. The van der Waals surface area contributed by atoms with Crippen molar-refractivity contribution in [2.45, 2.75) is 70.4 Å². The number of carbonyl (C=O) groups excluding carboxylic acids is 1. The summed E-state index contributed by atoms with van der Waals surface area (Å²) >= 11 is 0. The van der Waals surface area contributed by atoms with E-state index in [2.05, 4.69) is 15.1 Å². The van der Waals surface area contributed by atoms with Crippen molar-refractivity contribution in [3.63, 3.8) is 0 Å². The number of hydrogen-bond acceptors (Lipinski definition) is 5. The van der Waals surface area contributed by atoms with Gasteiger partial charge in [-0.05, 0) is 50.8 Å². The molecule has 0 saturated carbocycles. The minimum Gasteiger partial charge on any atom is -0.393 e. The molecule has 8 nitrogen and oxygen atoms in total. The Bertz CT molecular complexity index is 1460. The van der Waals surface area contributed by atoms with Gasteiger partial charge in [0.2, 0.25) is 0 Å². The lowest BCUT2D eigenvalue weighted by Gasteiger charge is -2.29. The monoisotopic (exact) mass is 518 g/mol. The molecule has 5 heterocycles. The Labute approximate surface area is 209 Å². The fourth-order valence-electron chi connectivity index (χ4n) is 5.08. The zero-order valence-electron chi connectivity index (χ0n) is 20.3. The van der Waals surface area contributed by atoms with Gasteiger partial charge in [0.15, 0.2) is 0 Å². The Balaban J connectivity index is 1.60. The van der Waals surface area contributed by atoms with E-state index in [1.165, 1.54) is 41.2 Å². The van der Waals surface area contributed by atoms with Gasteiger partial charge in [-0.15, -0.1) is 0 Å². The van der Waals surface area contributed by atoms with Gasteiger partial charge in [0.05, 0.1) is 23.5 Å². The van der Waals surface area contributed by atoms with Crippen molar-refractivity contribution in [3.8, 4) is 11.4 Å². The third kappa shape index (κ3) is 4.77. The molecule has 5 rings (SSSR count). The second-order valence-corrected chi connectivity index (χ2v) is 9.52. The van der Waals surface area contributed by atoms with Crippen LogP contribution in [0.3, 0.4) is 0 Å². The Kier molecular flexibility index (Phi) is 6.38. The molecular weight excluding hydrogens is 492 g/mol. The van der Waals surface area contributed by atoms with Crippen LogP contribution in [-0.2, 0) is 6.54 Å². The van der Waals surface area contributed by atoms with E-state index < -0.39 is 30.5 Å². The van der Waals surface area contributed by atoms with E-state index in [1.807, 2.05) is 13.8 Å². The number of rotatable bonds is 6. The molecule has 3 atom stereocenters. The van der Waals surface area contributed by atoms with Crippen LogP contribution in [0, 0.1) is 5.82 Å². The lowest BCUT2D eigenvalue weighted by atomic mass is 10.0. The molecule has 1 amide bonds. The van der Waals surface area contributed by atoms with E-state index in [0.717, 1.165) is 17.5 Å². The van der Waals surface area contributed by atoms with Crippen molar-refractivity contribution >= 4 is 22.5 Å². The van der Waals surface area contributed by atoms with Gasteiger partial charge in [0.25, 0.3) is 5.91 Å². The van der Waals surface area contributed by atoms with E-state index in [0.29, 0.717) is 24.2 Å². The van der Waals surface area contributed by atoms with E-state index >= 15 is 0 Å². The number of imidazole rings is 1. The van der Waals surface area contributed by atoms with Crippen molar-refractivity contribution in [1.29, 1.82) is 0 Å². The molecule has 0 aliphatic carbocycles. The summed E-state index contributed by atoms with van der Waals surface area (Å²) in [5.74, 6) is -0.947. The summed E-state index contributed by atoms with van der Waals surface area (Å²) in [5, 5.41) is 14.6. The number of aliphatic hydroxyl groups is 1. The van der Waals surface area contributed by atoms with Crippen LogP contribution in [0.15, 0.2) is 36.8 Å². The Hall–Kier alpha value is -3.54. The minimum absolute atomic E-state index is 0.00343. The van der Waals surface area contributed by atoms with Crippen LogP contribution in [0.2, 0.25) is 0 Å². The lowest BCUT2D eigenvalue weighted by Crippen LogP contribution is -2.41. The first-order valence-corrected chi connectivity index (χ1v) is 12.1. The van der Waals surface area contributed by atoms with Crippen molar-refractivity contribution in [2.24, 2.45) is 0 Å². The van der Waals surface area contributed by atoms with Gasteiger partial charge in [-0.1, -0.05) is 6.92 Å². The summed E-state index contributed by atoms with van der Waals surface area (Å²) in [6.45, 7) is 2.39. The number of carbonyl (C=O) groups is 1. The van der Waals surface area contributed by atoms with Gasteiger partial charge in [-0.2, -0.15) is 18.3 Å². The summed E-state index contributed by atoms with van der Waals surface area (Å²) in [7, 11) is 0. The average molecular weight is 519 g/mol. The second-order valence-electron chi connectivity index (χ2n) is 9.52. The number of hydrogen-bond donors (Lipinski definition) is 1. The SMILES string of the molecule is CCC(O)CC1CCC(C)N1C(=O)c1cc2c(cn1)c(-c1cnc3ccc(F)cn13)nn2CC(F)(F)F. The van der Waals surface area contributed by atoms with Crippen LogP contribution in [0.25, 0.3) is 27.9 Å². The number of likely N-dealkylation sites (tertiary alicyclic amines) is 1. The van der Waals surface area contributed by atoms with Crippen LogP contribution >= 0.6 is 0 Å². The predicted molar refractivity (Wildman–Crippen MR) is 127 cm³/mol. The van der Waals surface area contributed by atoms with Gasteiger partial charge < -0.3 is 10.0 Å². The standard InChI is InChI=1S/C25H26F4N6O2/c1-3-17(36)8-16-6-4-14(2)35(16)24(37)19-9-20-18(10-30-19)23(32-34(20)13-25(27,28)29)21-11-31-22-7-5-15(26)12-33(21)22/h5,7,9-12,14,16-17,36H,3-4,6,8,13H2,1-2H3. The highest BCUT2D eigenvalue weighted by Crippen LogP contribution is 2.33. The molecule has 12 heteroatoms. The topological polar surface area (TPSA) is 88.5 Å². The molecule has 196 valence electrons. The largest absolute Gasteiger partial charge is 0.408 e. The van der Waals surface area contributed by atoms with Crippen molar-refractivity contribution in [2.75, 3.05) is 0 Å². The molecule has 4 aromatic rings. The third-order valence-corrected chi connectivity index (χ3v) is 6.93. The van der Waals surface area contributed by atoms with Crippen LogP contribution in [0.5, 0.6) is 0 Å². The van der Waals surface area contributed by atoms with E-state index in [-0.39, 0.29) is 34.4 Å². The first-order valence-electron chi connectivity index (χ1n) is 12.1. The first kappa shape index (κ1) is 25.1. The number of pyridine rings is 2. The number of halogens is 4. The molecule has 3 unspecified atom stereocenters. The second kappa shape index (κ2) is 9.40. The fraction of sp³-hybridized carbons (Fsp3) is 0.440. The normalized spacial score (nSPS) is 19.3. The highest BCUT2D eigenvalue weighted by atomic mass is 19.4. The zero-order valence-corrected chi connectivity index (χ0v) is 20.3.